The number of nitrogens with one attached hydrogen (secondary N) is 1. The molecule has 0 radical (unpaired) electrons. The second-order valence-corrected chi connectivity index (χ2v) is 7.11. The van der Waals surface area contributed by atoms with E-state index in [-0.39, 0.29) is 11.9 Å². The van der Waals surface area contributed by atoms with E-state index in [1.54, 1.807) is 24.7 Å². The zero-order valence-corrected chi connectivity index (χ0v) is 16.4. The summed E-state index contributed by atoms with van der Waals surface area (Å²) in [7, 11) is 0. The number of ether oxygens (including phenoxy) is 1. The molecule has 1 N–H and O–H groups in total. The van der Waals surface area contributed by atoms with E-state index < -0.39 is 0 Å². The van der Waals surface area contributed by atoms with Gasteiger partial charge in [-0.1, -0.05) is 35.9 Å². The molecule has 1 amide bonds. The van der Waals surface area contributed by atoms with Crippen molar-refractivity contribution in [1.82, 2.24) is 15.3 Å². The predicted molar refractivity (Wildman–Crippen MR) is 112 cm³/mol. The standard InChI is InChI=1S/C23H24N4O2/c1-17-4-6-18(7-5-17)22(20-3-2-9-24-16-20)26-23(28)19-8-10-25-21(15-19)27-11-13-29-14-12-27/h2-10,15-16,22H,11-14H2,1H3,(H,26,28). The van der Waals surface area contributed by atoms with Crippen LogP contribution in [0.25, 0.3) is 0 Å². The lowest BCUT2D eigenvalue weighted by Crippen LogP contribution is -2.37. The summed E-state index contributed by atoms with van der Waals surface area (Å²) in [5.41, 5.74) is 3.71. The van der Waals surface area contributed by atoms with Crippen molar-refractivity contribution < 1.29 is 9.53 Å². The molecule has 1 fully saturated rings. The first-order valence-electron chi connectivity index (χ1n) is 9.77. The van der Waals surface area contributed by atoms with E-state index in [1.807, 2.05) is 49.4 Å². The van der Waals surface area contributed by atoms with Crippen molar-refractivity contribution in [2.75, 3.05) is 31.2 Å². The number of rotatable bonds is 5. The van der Waals surface area contributed by atoms with Crippen LogP contribution in [0.3, 0.4) is 0 Å². The number of pyridine rings is 2. The topological polar surface area (TPSA) is 67.4 Å². The van der Waals surface area contributed by atoms with Crippen molar-refractivity contribution in [1.29, 1.82) is 0 Å². The number of hydrogen-bond acceptors (Lipinski definition) is 5. The number of hydrogen-bond donors (Lipinski definition) is 1. The second kappa shape index (κ2) is 8.84. The van der Waals surface area contributed by atoms with E-state index >= 15 is 0 Å². The van der Waals surface area contributed by atoms with Gasteiger partial charge in [-0.25, -0.2) is 4.98 Å². The summed E-state index contributed by atoms with van der Waals surface area (Å²) in [4.78, 5) is 23.9. The largest absolute Gasteiger partial charge is 0.378 e. The molecule has 1 atom stereocenters. The molecule has 29 heavy (non-hydrogen) atoms. The molecule has 6 nitrogen and oxygen atoms in total. The summed E-state index contributed by atoms with van der Waals surface area (Å²) < 4.78 is 5.40. The quantitative estimate of drug-likeness (QED) is 0.727. The van der Waals surface area contributed by atoms with Crippen LogP contribution in [0, 0.1) is 6.92 Å². The number of carbonyl (C=O) groups is 1. The van der Waals surface area contributed by atoms with Crippen LogP contribution >= 0.6 is 0 Å². The monoisotopic (exact) mass is 388 g/mol. The van der Waals surface area contributed by atoms with E-state index in [2.05, 4.69) is 20.2 Å². The maximum absolute atomic E-state index is 13.1. The Morgan fingerprint density at radius 2 is 1.86 bits per heavy atom. The van der Waals surface area contributed by atoms with Gasteiger partial charge in [-0.05, 0) is 36.2 Å². The van der Waals surface area contributed by atoms with Crippen LogP contribution in [0.15, 0.2) is 67.1 Å². The molecule has 1 unspecified atom stereocenters. The summed E-state index contributed by atoms with van der Waals surface area (Å²) in [6.07, 6.45) is 5.20. The van der Waals surface area contributed by atoms with E-state index in [4.69, 9.17) is 4.74 Å². The van der Waals surface area contributed by atoms with Gasteiger partial charge in [-0.15, -0.1) is 0 Å². The minimum Gasteiger partial charge on any atom is -0.378 e. The molecule has 0 spiro atoms. The van der Waals surface area contributed by atoms with Crippen molar-refractivity contribution in [2.45, 2.75) is 13.0 Å². The van der Waals surface area contributed by atoms with Crippen molar-refractivity contribution >= 4 is 11.7 Å². The molecule has 6 heteroatoms. The van der Waals surface area contributed by atoms with Gasteiger partial charge in [0.05, 0.1) is 19.3 Å². The molecular weight excluding hydrogens is 364 g/mol. The SMILES string of the molecule is Cc1ccc(C(NC(=O)c2ccnc(N3CCOCC3)c2)c2cccnc2)cc1. The predicted octanol–water partition coefficient (Wildman–Crippen LogP) is 3.14. The highest BCUT2D eigenvalue weighted by Gasteiger charge is 2.20. The summed E-state index contributed by atoms with van der Waals surface area (Å²) in [6, 6.07) is 15.3. The van der Waals surface area contributed by atoms with Gasteiger partial charge in [0.1, 0.15) is 5.82 Å². The van der Waals surface area contributed by atoms with Crippen LogP contribution in [-0.2, 0) is 4.74 Å². The Bertz CT molecular complexity index is 954. The number of aryl methyl sites for hydroxylation is 1. The lowest BCUT2D eigenvalue weighted by Gasteiger charge is -2.28. The molecule has 4 rings (SSSR count). The Morgan fingerprint density at radius 1 is 1.07 bits per heavy atom. The first kappa shape index (κ1) is 19.1. The number of morpholine rings is 1. The molecule has 3 heterocycles. The molecule has 1 aliphatic rings. The number of anilines is 1. The summed E-state index contributed by atoms with van der Waals surface area (Å²) in [5.74, 6) is 0.658. The van der Waals surface area contributed by atoms with E-state index in [0.29, 0.717) is 18.8 Å². The third kappa shape index (κ3) is 4.60. The third-order valence-corrected chi connectivity index (χ3v) is 5.05. The van der Waals surface area contributed by atoms with Crippen molar-refractivity contribution in [3.63, 3.8) is 0 Å². The number of benzene rings is 1. The molecule has 2 aromatic heterocycles. The normalized spacial score (nSPS) is 15.0. The first-order valence-corrected chi connectivity index (χ1v) is 9.77. The van der Waals surface area contributed by atoms with Gasteiger partial charge in [0.2, 0.25) is 0 Å². The summed E-state index contributed by atoms with van der Waals surface area (Å²) in [6.45, 7) is 4.95. The minimum absolute atomic E-state index is 0.142. The Kier molecular flexibility index (Phi) is 5.81. The molecule has 1 aliphatic heterocycles. The molecule has 0 aliphatic carbocycles. The Hall–Kier alpha value is -3.25. The average Bonchev–Trinajstić information content (AvgIpc) is 2.79. The highest BCUT2D eigenvalue weighted by atomic mass is 16.5. The van der Waals surface area contributed by atoms with Gasteiger partial charge < -0.3 is 15.0 Å². The van der Waals surface area contributed by atoms with Gasteiger partial charge in [-0.2, -0.15) is 0 Å². The van der Waals surface area contributed by atoms with Crippen LogP contribution in [0.2, 0.25) is 0 Å². The van der Waals surface area contributed by atoms with Crippen LogP contribution < -0.4 is 10.2 Å². The van der Waals surface area contributed by atoms with Crippen LogP contribution in [0.1, 0.15) is 33.1 Å². The number of carbonyl (C=O) groups excluding carboxylic acids is 1. The van der Waals surface area contributed by atoms with Gasteiger partial charge >= 0.3 is 0 Å². The Labute approximate surface area is 170 Å². The number of amides is 1. The summed E-state index contributed by atoms with van der Waals surface area (Å²) >= 11 is 0. The zero-order valence-electron chi connectivity index (χ0n) is 16.4. The lowest BCUT2D eigenvalue weighted by atomic mass is 9.98. The average molecular weight is 388 g/mol. The second-order valence-electron chi connectivity index (χ2n) is 7.11. The van der Waals surface area contributed by atoms with Gasteiger partial charge in [0, 0.05) is 37.2 Å². The fourth-order valence-corrected chi connectivity index (χ4v) is 3.40. The molecule has 148 valence electrons. The smallest absolute Gasteiger partial charge is 0.252 e. The minimum atomic E-state index is -0.281. The van der Waals surface area contributed by atoms with Gasteiger partial charge in [0.25, 0.3) is 5.91 Å². The number of nitrogens with zero attached hydrogens (tertiary/aromatic N) is 3. The molecule has 3 aromatic rings. The fourth-order valence-electron chi connectivity index (χ4n) is 3.40. The van der Waals surface area contributed by atoms with E-state index in [0.717, 1.165) is 30.0 Å². The molecule has 1 aromatic carbocycles. The zero-order chi connectivity index (χ0) is 20.1. The summed E-state index contributed by atoms with van der Waals surface area (Å²) in [5, 5.41) is 3.17. The van der Waals surface area contributed by atoms with Crippen LogP contribution in [0.5, 0.6) is 0 Å². The highest BCUT2D eigenvalue weighted by Crippen LogP contribution is 2.23. The highest BCUT2D eigenvalue weighted by molar-refractivity contribution is 5.95. The van der Waals surface area contributed by atoms with Crippen LogP contribution in [-0.4, -0.2) is 42.2 Å². The van der Waals surface area contributed by atoms with E-state index in [9.17, 15) is 4.79 Å². The fraction of sp³-hybridized carbons (Fsp3) is 0.261. The van der Waals surface area contributed by atoms with Crippen LogP contribution in [0.4, 0.5) is 5.82 Å². The van der Waals surface area contributed by atoms with Crippen molar-refractivity contribution in [3.05, 3.63) is 89.4 Å². The molecule has 0 saturated carbocycles. The lowest BCUT2D eigenvalue weighted by molar-refractivity contribution is 0.0943. The Morgan fingerprint density at radius 3 is 2.59 bits per heavy atom. The molecular formula is C23H24N4O2. The Balaban J connectivity index is 1.59. The van der Waals surface area contributed by atoms with Gasteiger partial charge in [0.15, 0.2) is 0 Å². The molecule has 0 bridgehead atoms. The number of aromatic nitrogens is 2. The third-order valence-electron chi connectivity index (χ3n) is 5.05. The maximum Gasteiger partial charge on any atom is 0.252 e. The van der Waals surface area contributed by atoms with Gasteiger partial charge in [-0.3, -0.25) is 9.78 Å². The molecule has 1 saturated heterocycles. The maximum atomic E-state index is 13.1. The van der Waals surface area contributed by atoms with Crippen molar-refractivity contribution in [3.8, 4) is 0 Å². The first-order chi connectivity index (χ1) is 14.2. The van der Waals surface area contributed by atoms with Crippen molar-refractivity contribution in [2.24, 2.45) is 0 Å². The van der Waals surface area contributed by atoms with E-state index in [1.165, 1.54) is 5.56 Å².